The summed E-state index contributed by atoms with van der Waals surface area (Å²) in [4.78, 5) is 14.4. The first-order valence-electron chi connectivity index (χ1n) is 7.29. The van der Waals surface area contributed by atoms with Crippen molar-refractivity contribution in [3.8, 4) is 5.75 Å². The largest absolute Gasteiger partial charge is 0.491 e. The Morgan fingerprint density at radius 1 is 1.43 bits per heavy atom. The number of nitrogens with two attached hydrogens (primary N) is 1. The quantitative estimate of drug-likeness (QED) is 0.807. The zero-order valence-electron chi connectivity index (χ0n) is 12.8. The van der Waals surface area contributed by atoms with Gasteiger partial charge in [-0.15, -0.1) is 0 Å². The summed E-state index contributed by atoms with van der Waals surface area (Å²) in [6, 6.07) is 7.30. The second-order valence-electron chi connectivity index (χ2n) is 5.86. The Balaban J connectivity index is 2.01. The monoisotopic (exact) mass is 292 g/mol. The molecule has 116 valence electrons. The van der Waals surface area contributed by atoms with Crippen molar-refractivity contribution in [2.75, 3.05) is 40.0 Å². The summed E-state index contributed by atoms with van der Waals surface area (Å²) in [5, 5.41) is 0. The molecule has 1 unspecified atom stereocenters. The Morgan fingerprint density at radius 3 is 2.90 bits per heavy atom. The van der Waals surface area contributed by atoms with E-state index in [9.17, 15) is 4.79 Å². The molecule has 2 rings (SSSR count). The molecule has 1 aliphatic rings. The first kappa shape index (κ1) is 15.8. The molecule has 0 spiro atoms. The highest BCUT2D eigenvalue weighted by Gasteiger charge is 2.35. The van der Waals surface area contributed by atoms with E-state index in [4.69, 9.17) is 15.2 Å². The fraction of sp³-hybridized carbons (Fsp3) is 0.562. The highest BCUT2D eigenvalue weighted by molar-refractivity contribution is 5.94. The molecular weight excluding hydrogens is 268 g/mol. The molecule has 5 nitrogen and oxygen atoms in total. The van der Waals surface area contributed by atoms with Gasteiger partial charge in [-0.05, 0) is 36.6 Å². The molecule has 0 bridgehead atoms. The minimum Gasteiger partial charge on any atom is -0.491 e. The molecular formula is C16H24N2O3. The molecule has 1 aliphatic heterocycles. The van der Waals surface area contributed by atoms with Gasteiger partial charge in [-0.3, -0.25) is 4.79 Å². The van der Waals surface area contributed by atoms with Crippen molar-refractivity contribution in [1.82, 2.24) is 4.90 Å². The van der Waals surface area contributed by atoms with Crippen molar-refractivity contribution in [1.29, 1.82) is 0 Å². The van der Waals surface area contributed by atoms with Crippen LogP contribution >= 0.6 is 0 Å². The summed E-state index contributed by atoms with van der Waals surface area (Å²) >= 11 is 0. The smallest absolute Gasteiger partial charge is 0.254 e. The lowest BCUT2D eigenvalue weighted by atomic mass is 9.90. The van der Waals surface area contributed by atoms with Crippen molar-refractivity contribution >= 4 is 5.91 Å². The maximum Gasteiger partial charge on any atom is 0.254 e. The molecule has 1 fully saturated rings. The summed E-state index contributed by atoms with van der Waals surface area (Å²) in [7, 11) is 1.63. The molecule has 1 aromatic rings. The van der Waals surface area contributed by atoms with E-state index >= 15 is 0 Å². The zero-order chi connectivity index (χ0) is 15.3. The minimum atomic E-state index is 0.0439. The van der Waals surface area contributed by atoms with Crippen LogP contribution in [0.2, 0.25) is 0 Å². The van der Waals surface area contributed by atoms with Gasteiger partial charge in [-0.2, -0.15) is 0 Å². The molecule has 1 aromatic carbocycles. The lowest BCUT2D eigenvalue weighted by Crippen LogP contribution is -2.34. The van der Waals surface area contributed by atoms with Crippen LogP contribution in [0.3, 0.4) is 0 Å². The molecule has 1 saturated heterocycles. The summed E-state index contributed by atoms with van der Waals surface area (Å²) in [6.07, 6.45) is 0.958. The van der Waals surface area contributed by atoms with Gasteiger partial charge < -0.3 is 20.1 Å². The van der Waals surface area contributed by atoms with E-state index in [1.165, 1.54) is 0 Å². The summed E-state index contributed by atoms with van der Waals surface area (Å²) in [5.41, 5.74) is 6.49. The van der Waals surface area contributed by atoms with E-state index in [0.717, 1.165) is 19.5 Å². The van der Waals surface area contributed by atoms with E-state index in [-0.39, 0.29) is 11.3 Å². The van der Waals surface area contributed by atoms with Crippen LogP contribution in [0.5, 0.6) is 5.75 Å². The number of amides is 1. The number of rotatable bonds is 6. The Labute approximate surface area is 126 Å². The number of likely N-dealkylation sites (tertiary alicyclic amines) is 1. The van der Waals surface area contributed by atoms with Crippen LogP contribution in [0.25, 0.3) is 0 Å². The third-order valence-corrected chi connectivity index (χ3v) is 3.98. The molecule has 2 N–H and O–H groups in total. The Morgan fingerprint density at radius 2 is 2.24 bits per heavy atom. The predicted octanol–water partition coefficient (Wildman–Crippen LogP) is 1.52. The number of benzene rings is 1. The van der Waals surface area contributed by atoms with Crippen LogP contribution in [-0.4, -0.2) is 50.8 Å². The summed E-state index contributed by atoms with van der Waals surface area (Å²) in [5.74, 6) is 0.739. The van der Waals surface area contributed by atoms with E-state index in [0.29, 0.717) is 31.1 Å². The predicted molar refractivity (Wildman–Crippen MR) is 81.5 cm³/mol. The van der Waals surface area contributed by atoms with Crippen LogP contribution in [0.1, 0.15) is 23.7 Å². The topological polar surface area (TPSA) is 64.8 Å². The van der Waals surface area contributed by atoms with Crippen LogP contribution in [0.4, 0.5) is 0 Å². The lowest BCUT2D eigenvalue weighted by molar-refractivity contribution is 0.0776. The van der Waals surface area contributed by atoms with Crippen LogP contribution in [0, 0.1) is 5.41 Å². The third kappa shape index (κ3) is 3.95. The van der Waals surface area contributed by atoms with Crippen LogP contribution in [-0.2, 0) is 4.74 Å². The van der Waals surface area contributed by atoms with Gasteiger partial charge in [0.25, 0.3) is 5.91 Å². The van der Waals surface area contributed by atoms with Gasteiger partial charge in [0.15, 0.2) is 0 Å². The van der Waals surface area contributed by atoms with Crippen LogP contribution < -0.4 is 10.5 Å². The molecule has 1 amide bonds. The molecule has 0 aromatic heterocycles. The van der Waals surface area contributed by atoms with Crippen molar-refractivity contribution in [3.05, 3.63) is 29.8 Å². The van der Waals surface area contributed by atoms with Crippen molar-refractivity contribution < 1.29 is 14.3 Å². The van der Waals surface area contributed by atoms with Gasteiger partial charge in [-0.25, -0.2) is 0 Å². The van der Waals surface area contributed by atoms with Gasteiger partial charge in [0.1, 0.15) is 12.4 Å². The number of methoxy groups -OCH3 is 1. The first-order chi connectivity index (χ1) is 10.1. The van der Waals surface area contributed by atoms with E-state index in [2.05, 4.69) is 6.92 Å². The molecule has 1 atom stereocenters. The number of carbonyl (C=O) groups is 1. The first-order valence-corrected chi connectivity index (χ1v) is 7.29. The maximum absolute atomic E-state index is 12.5. The van der Waals surface area contributed by atoms with Gasteiger partial charge in [0.2, 0.25) is 0 Å². The molecule has 5 heteroatoms. The Bertz CT molecular complexity index is 492. The van der Waals surface area contributed by atoms with E-state index in [1.54, 1.807) is 13.2 Å². The highest BCUT2D eigenvalue weighted by atomic mass is 16.5. The van der Waals surface area contributed by atoms with Gasteiger partial charge in [0, 0.05) is 25.8 Å². The van der Waals surface area contributed by atoms with E-state index in [1.807, 2.05) is 23.1 Å². The summed E-state index contributed by atoms with van der Waals surface area (Å²) < 4.78 is 10.5. The average Bonchev–Trinajstić information content (AvgIpc) is 2.90. The van der Waals surface area contributed by atoms with Gasteiger partial charge in [0.05, 0.1) is 6.61 Å². The Kier molecular flexibility index (Phi) is 5.20. The van der Waals surface area contributed by atoms with Crippen molar-refractivity contribution in [2.24, 2.45) is 11.1 Å². The molecule has 0 saturated carbocycles. The molecule has 0 aliphatic carbocycles. The van der Waals surface area contributed by atoms with Gasteiger partial charge >= 0.3 is 0 Å². The van der Waals surface area contributed by atoms with Crippen LogP contribution in [0.15, 0.2) is 24.3 Å². The Hall–Kier alpha value is -1.59. The van der Waals surface area contributed by atoms with Crippen molar-refractivity contribution in [3.63, 3.8) is 0 Å². The number of carbonyl (C=O) groups excluding carboxylic acids is 1. The lowest BCUT2D eigenvalue weighted by Gasteiger charge is -2.22. The highest BCUT2D eigenvalue weighted by Crippen LogP contribution is 2.29. The van der Waals surface area contributed by atoms with E-state index < -0.39 is 0 Å². The number of hydrogen-bond donors (Lipinski definition) is 1. The number of nitrogens with zero attached hydrogens (tertiary/aromatic N) is 1. The average molecular weight is 292 g/mol. The summed E-state index contributed by atoms with van der Waals surface area (Å²) in [6.45, 7) is 5.22. The molecule has 21 heavy (non-hydrogen) atoms. The second kappa shape index (κ2) is 6.91. The minimum absolute atomic E-state index is 0.0439. The normalized spacial score (nSPS) is 21.6. The zero-order valence-corrected chi connectivity index (χ0v) is 12.8. The maximum atomic E-state index is 12.5. The second-order valence-corrected chi connectivity index (χ2v) is 5.86. The van der Waals surface area contributed by atoms with Gasteiger partial charge in [-0.1, -0.05) is 13.0 Å². The SMILES string of the molecule is COCCOc1cccc(C(=O)N2CCC(C)(CN)C2)c1. The number of hydrogen-bond acceptors (Lipinski definition) is 4. The van der Waals surface area contributed by atoms with Crippen molar-refractivity contribution in [2.45, 2.75) is 13.3 Å². The fourth-order valence-electron chi connectivity index (χ4n) is 2.51. The molecule has 1 heterocycles. The fourth-order valence-corrected chi connectivity index (χ4v) is 2.51. The third-order valence-electron chi connectivity index (χ3n) is 3.98. The number of ether oxygens (including phenoxy) is 2. The molecule has 0 radical (unpaired) electrons. The standard InChI is InChI=1S/C16H24N2O3/c1-16(11-17)6-7-18(12-16)15(19)13-4-3-5-14(10-13)21-9-8-20-2/h3-5,10H,6-9,11-12,17H2,1-2H3.